The number of benzene rings is 2. The zero-order chi connectivity index (χ0) is 19.7. The lowest BCUT2D eigenvalue weighted by Gasteiger charge is -2.26. The number of hydrogen-bond donors (Lipinski definition) is 1. The molecule has 7 heteroatoms. The molecule has 0 bridgehead atoms. The molecule has 1 aromatic heterocycles. The standard InChI is InChI=1S/C21H21N5O2/c1-14(15-3-7-18(8-4-15)26-13-22-12-23-26)25(2)21(28)17-5-9-19-16(11-17)6-10-20(27)24-19/h3-5,7-9,11-14H,6,10H2,1-2H3,(H,24,27). The van der Waals surface area contributed by atoms with Crippen LogP contribution in [0.1, 0.15) is 40.9 Å². The monoisotopic (exact) mass is 375 g/mol. The Labute approximate surface area is 163 Å². The average molecular weight is 375 g/mol. The predicted octanol–water partition coefficient (Wildman–Crippen LogP) is 2.99. The number of carbonyl (C=O) groups excluding carboxylic acids is 2. The van der Waals surface area contributed by atoms with E-state index < -0.39 is 0 Å². The van der Waals surface area contributed by atoms with Crippen molar-refractivity contribution in [3.8, 4) is 5.69 Å². The van der Waals surface area contributed by atoms with Crippen LogP contribution >= 0.6 is 0 Å². The Hall–Kier alpha value is -3.48. The number of nitrogens with one attached hydrogen (secondary N) is 1. The summed E-state index contributed by atoms with van der Waals surface area (Å²) in [6.45, 7) is 2.00. The third-order valence-electron chi connectivity index (χ3n) is 5.21. The lowest BCUT2D eigenvalue weighted by atomic mass is 9.99. The molecule has 7 nitrogen and oxygen atoms in total. The third kappa shape index (κ3) is 3.38. The van der Waals surface area contributed by atoms with E-state index in [4.69, 9.17) is 0 Å². The average Bonchev–Trinajstić information content (AvgIpc) is 3.27. The molecule has 1 aliphatic rings. The first kappa shape index (κ1) is 17.9. The number of aromatic nitrogens is 3. The van der Waals surface area contributed by atoms with Gasteiger partial charge >= 0.3 is 0 Å². The van der Waals surface area contributed by atoms with Crippen molar-refractivity contribution >= 4 is 17.5 Å². The van der Waals surface area contributed by atoms with Crippen molar-refractivity contribution in [2.24, 2.45) is 0 Å². The summed E-state index contributed by atoms with van der Waals surface area (Å²) < 4.78 is 1.69. The van der Waals surface area contributed by atoms with E-state index in [9.17, 15) is 9.59 Å². The first-order valence-electron chi connectivity index (χ1n) is 9.18. The zero-order valence-corrected chi connectivity index (χ0v) is 15.8. The quantitative estimate of drug-likeness (QED) is 0.760. The second kappa shape index (κ2) is 7.26. The van der Waals surface area contributed by atoms with Crippen LogP contribution in [-0.4, -0.2) is 38.5 Å². The van der Waals surface area contributed by atoms with Crippen LogP contribution in [0.5, 0.6) is 0 Å². The number of fused-ring (bicyclic) bond motifs is 1. The van der Waals surface area contributed by atoms with E-state index in [0.29, 0.717) is 18.4 Å². The number of hydrogen-bond acceptors (Lipinski definition) is 4. The minimum atomic E-state index is -0.0898. The van der Waals surface area contributed by atoms with E-state index in [2.05, 4.69) is 15.4 Å². The van der Waals surface area contributed by atoms with Crippen molar-refractivity contribution in [3.63, 3.8) is 0 Å². The molecule has 3 aromatic rings. The molecule has 0 radical (unpaired) electrons. The van der Waals surface area contributed by atoms with E-state index in [-0.39, 0.29) is 17.9 Å². The van der Waals surface area contributed by atoms with Gasteiger partial charge in [0, 0.05) is 24.7 Å². The molecule has 1 aliphatic heterocycles. The van der Waals surface area contributed by atoms with E-state index in [1.54, 1.807) is 29.0 Å². The summed E-state index contributed by atoms with van der Waals surface area (Å²) in [6.07, 6.45) is 4.25. The molecule has 1 unspecified atom stereocenters. The van der Waals surface area contributed by atoms with Gasteiger partial charge in [0.15, 0.2) is 0 Å². The molecular formula is C21H21N5O2. The maximum Gasteiger partial charge on any atom is 0.254 e. The fraction of sp³-hybridized carbons (Fsp3) is 0.238. The molecule has 0 fully saturated rings. The highest BCUT2D eigenvalue weighted by Crippen LogP contribution is 2.26. The molecule has 0 spiro atoms. The topological polar surface area (TPSA) is 80.1 Å². The predicted molar refractivity (Wildman–Crippen MR) is 105 cm³/mol. The summed E-state index contributed by atoms with van der Waals surface area (Å²) in [5, 5.41) is 6.96. The van der Waals surface area contributed by atoms with Crippen LogP contribution in [0.2, 0.25) is 0 Å². The molecule has 2 aromatic carbocycles. The number of nitrogens with zero attached hydrogens (tertiary/aromatic N) is 4. The molecule has 2 amide bonds. The summed E-state index contributed by atoms with van der Waals surface area (Å²) in [5.41, 5.74) is 4.38. The minimum absolute atomic E-state index is 0.0201. The fourth-order valence-corrected chi connectivity index (χ4v) is 3.37. The smallest absolute Gasteiger partial charge is 0.254 e. The van der Waals surface area contributed by atoms with Crippen molar-refractivity contribution in [2.45, 2.75) is 25.8 Å². The van der Waals surface area contributed by atoms with Gasteiger partial charge in [-0.15, -0.1) is 0 Å². The van der Waals surface area contributed by atoms with Crippen molar-refractivity contribution in [3.05, 3.63) is 71.8 Å². The van der Waals surface area contributed by atoms with Crippen LogP contribution in [0.4, 0.5) is 5.69 Å². The molecule has 1 N–H and O–H groups in total. The largest absolute Gasteiger partial charge is 0.335 e. The lowest BCUT2D eigenvalue weighted by molar-refractivity contribution is -0.116. The van der Waals surface area contributed by atoms with Gasteiger partial charge in [-0.05, 0) is 54.8 Å². The van der Waals surface area contributed by atoms with Gasteiger partial charge in [-0.2, -0.15) is 5.10 Å². The summed E-state index contributed by atoms with van der Waals surface area (Å²) in [6, 6.07) is 13.3. The molecule has 28 heavy (non-hydrogen) atoms. The highest BCUT2D eigenvalue weighted by Gasteiger charge is 2.21. The summed E-state index contributed by atoms with van der Waals surface area (Å²) in [5.74, 6) is -0.0285. The van der Waals surface area contributed by atoms with E-state index in [1.165, 1.54) is 6.33 Å². The van der Waals surface area contributed by atoms with Gasteiger partial charge in [0.2, 0.25) is 5.91 Å². The Kier molecular flexibility index (Phi) is 4.65. The van der Waals surface area contributed by atoms with Gasteiger partial charge in [-0.3, -0.25) is 9.59 Å². The number of rotatable bonds is 4. The van der Waals surface area contributed by atoms with Gasteiger partial charge < -0.3 is 10.2 Å². The Morgan fingerprint density at radius 3 is 2.68 bits per heavy atom. The van der Waals surface area contributed by atoms with E-state index >= 15 is 0 Å². The fourth-order valence-electron chi connectivity index (χ4n) is 3.37. The normalized spacial score (nSPS) is 14.1. The van der Waals surface area contributed by atoms with Crippen molar-refractivity contribution < 1.29 is 9.59 Å². The van der Waals surface area contributed by atoms with Crippen molar-refractivity contribution in [1.29, 1.82) is 0 Å². The Balaban J connectivity index is 1.51. The van der Waals surface area contributed by atoms with E-state index in [1.807, 2.05) is 43.3 Å². The van der Waals surface area contributed by atoms with E-state index in [0.717, 1.165) is 22.5 Å². The Morgan fingerprint density at radius 1 is 1.18 bits per heavy atom. The van der Waals surface area contributed by atoms with Crippen LogP contribution in [0.15, 0.2) is 55.1 Å². The number of amides is 2. The maximum atomic E-state index is 13.0. The number of aryl methyl sites for hydroxylation is 1. The van der Waals surface area contributed by atoms with Crippen molar-refractivity contribution in [2.75, 3.05) is 12.4 Å². The first-order valence-corrected chi connectivity index (χ1v) is 9.18. The molecule has 0 saturated carbocycles. The van der Waals surface area contributed by atoms with Crippen LogP contribution in [0, 0.1) is 0 Å². The van der Waals surface area contributed by atoms with Crippen LogP contribution in [0.3, 0.4) is 0 Å². The van der Waals surface area contributed by atoms with Crippen molar-refractivity contribution in [1.82, 2.24) is 19.7 Å². The maximum absolute atomic E-state index is 13.0. The summed E-state index contributed by atoms with van der Waals surface area (Å²) >= 11 is 0. The minimum Gasteiger partial charge on any atom is -0.335 e. The second-order valence-corrected chi connectivity index (χ2v) is 6.94. The van der Waals surface area contributed by atoms with Gasteiger partial charge in [-0.1, -0.05) is 12.1 Å². The molecule has 0 saturated heterocycles. The van der Waals surface area contributed by atoms with Gasteiger partial charge in [0.25, 0.3) is 5.91 Å². The Morgan fingerprint density at radius 2 is 1.96 bits per heavy atom. The van der Waals surface area contributed by atoms with Crippen LogP contribution in [0.25, 0.3) is 5.69 Å². The van der Waals surface area contributed by atoms with Gasteiger partial charge in [0.05, 0.1) is 11.7 Å². The van der Waals surface area contributed by atoms with Crippen LogP contribution < -0.4 is 5.32 Å². The molecule has 4 rings (SSSR count). The highest BCUT2D eigenvalue weighted by atomic mass is 16.2. The molecule has 2 heterocycles. The van der Waals surface area contributed by atoms with Gasteiger partial charge in [-0.25, -0.2) is 9.67 Å². The number of carbonyl (C=O) groups is 2. The molecule has 0 aliphatic carbocycles. The zero-order valence-electron chi connectivity index (χ0n) is 15.8. The molecular weight excluding hydrogens is 354 g/mol. The SMILES string of the molecule is CC(c1ccc(-n2cncn2)cc1)N(C)C(=O)c1ccc2c(c1)CCC(=O)N2. The third-order valence-corrected chi connectivity index (χ3v) is 5.21. The second-order valence-electron chi connectivity index (χ2n) is 6.94. The summed E-state index contributed by atoms with van der Waals surface area (Å²) in [4.78, 5) is 30.2. The van der Waals surface area contributed by atoms with Gasteiger partial charge in [0.1, 0.15) is 12.7 Å². The molecule has 1 atom stereocenters. The molecule has 142 valence electrons. The number of anilines is 1. The first-order chi connectivity index (χ1) is 13.5. The Bertz CT molecular complexity index is 1010. The highest BCUT2D eigenvalue weighted by molar-refractivity contribution is 5.98. The summed E-state index contributed by atoms with van der Waals surface area (Å²) in [7, 11) is 1.81. The lowest BCUT2D eigenvalue weighted by Crippen LogP contribution is -2.30. The van der Waals surface area contributed by atoms with Crippen LogP contribution in [-0.2, 0) is 11.2 Å².